The second-order valence-electron chi connectivity index (χ2n) is 6.77. The smallest absolute Gasteiger partial charge is 0.331 e. The number of rotatable bonds is 6. The normalized spacial score (nSPS) is 12.6. The molecule has 0 saturated heterocycles. The van der Waals surface area contributed by atoms with Crippen LogP contribution in [-0.2, 0) is 19.1 Å². The van der Waals surface area contributed by atoms with E-state index >= 15 is 0 Å². The van der Waals surface area contributed by atoms with Crippen LogP contribution in [0.15, 0.2) is 66.0 Å². The third-order valence-electron chi connectivity index (χ3n) is 4.59. The van der Waals surface area contributed by atoms with Gasteiger partial charge in [0, 0.05) is 34.5 Å². The number of hydrogen-bond acceptors (Lipinski definition) is 2. The van der Waals surface area contributed by atoms with E-state index in [9.17, 15) is 18.0 Å². The van der Waals surface area contributed by atoms with Crippen molar-refractivity contribution in [3.63, 3.8) is 0 Å². The predicted octanol–water partition coefficient (Wildman–Crippen LogP) is 6.69. The molecule has 29 heavy (non-hydrogen) atoms. The lowest BCUT2D eigenvalue weighted by atomic mass is 10.1. The summed E-state index contributed by atoms with van der Waals surface area (Å²) in [6.07, 6.45) is -3.77. The van der Waals surface area contributed by atoms with E-state index in [2.05, 4.69) is 0 Å². The molecule has 3 aromatic rings. The van der Waals surface area contributed by atoms with Crippen LogP contribution in [-0.4, -0.2) is 16.8 Å². The fourth-order valence-corrected chi connectivity index (χ4v) is 3.96. The second kappa shape index (κ2) is 9.01. The fraction of sp³-hybridized carbons (Fsp3) is 0.227. The summed E-state index contributed by atoms with van der Waals surface area (Å²) >= 11 is 7.55. The number of alkyl halides is 3. The van der Waals surface area contributed by atoms with E-state index in [1.165, 1.54) is 12.1 Å². The molecule has 0 saturated carbocycles. The molecule has 3 rings (SSSR count). The van der Waals surface area contributed by atoms with E-state index in [-0.39, 0.29) is 17.5 Å². The number of nitrogens with zero attached hydrogens (tertiary/aromatic N) is 1. The van der Waals surface area contributed by atoms with Crippen molar-refractivity contribution in [3.8, 4) is 0 Å². The third kappa shape index (κ3) is 5.61. The van der Waals surface area contributed by atoms with Crippen molar-refractivity contribution < 1.29 is 18.0 Å². The number of amides is 1. The first-order valence-electron chi connectivity index (χ1n) is 8.99. The molecule has 2 aromatic carbocycles. The van der Waals surface area contributed by atoms with Crippen LogP contribution in [0.3, 0.4) is 0 Å². The van der Waals surface area contributed by atoms with Gasteiger partial charge in [-0.05, 0) is 60.3 Å². The first-order valence-corrected chi connectivity index (χ1v) is 10.2. The quantitative estimate of drug-likeness (QED) is 0.420. The van der Waals surface area contributed by atoms with Crippen LogP contribution in [0, 0.1) is 0 Å². The maximum absolute atomic E-state index is 13.2. The molecule has 0 radical (unpaired) electrons. The van der Waals surface area contributed by atoms with Crippen molar-refractivity contribution in [2.75, 3.05) is 0 Å². The molecule has 0 unspecified atom stereocenters. The van der Waals surface area contributed by atoms with E-state index in [0.29, 0.717) is 18.0 Å². The summed E-state index contributed by atoms with van der Waals surface area (Å²) in [4.78, 5) is 16.0. The van der Waals surface area contributed by atoms with Gasteiger partial charge in [-0.15, -0.1) is 11.3 Å². The van der Waals surface area contributed by atoms with Gasteiger partial charge in [-0.1, -0.05) is 29.8 Å². The highest BCUT2D eigenvalue weighted by Crippen LogP contribution is 2.29. The van der Waals surface area contributed by atoms with Gasteiger partial charge in [0.15, 0.2) is 0 Å². The first-order chi connectivity index (χ1) is 13.7. The molecule has 1 heterocycles. The molecular formula is C22H19ClF3NOS. The average molecular weight is 438 g/mol. The van der Waals surface area contributed by atoms with Crippen LogP contribution in [0.1, 0.15) is 33.3 Å². The highest BCUT2D eigenvalue weighted by Gasteiger charge is 2.31. The van der Waals surface area contributed by atoms with Crippen LogP contribution >= 0.6 is 22.9 Å². The molecule has 0 bridgehead atoms. The average Bonchev–Trinajstić information content (AvgIpc) is 3.19. The Bertz CT molecular complexity index is 938. The molecule has 7 heteroatoms. The molecule has 152 valence electrons. The summed E-state index contributed by atoms with van der Waals surface area (Å²) in [7, 11) is 0. The van der Waals surface area contributed by atoms with Gasteiger partial charge in [0.1, 0.15) is 0 Å². The first kappa shape index (κ1) is 21.4. The zero-order chi connectivity index (χ0) is 21.0. The molecule has 0 spiro atoms. The number of halogens is 4. The Labute approximate surface area is 176 Å². The molecule has 1 amide bonds. The Hall–Kier alpha value is -2.31. The Kier molecular flexibility index (Phi) is 6.65. The highest BCUT2D eigenvalue weighted by atomic mass is 35.5. The molecule has 0 aliphatic rings. The third-order valence-corrected chi connectivity index (χ3v) is 5.75. The maximum atomic E-state index is 13.2. The monoisotopic (exact) mass is 437 g/mol. The SMILES string of the molecule is C[C@H](Cc1cccs1)N(Cc1ccc(Cl)cc1)C(=O)c1ccc(C(F)(F)F)cc1. The highest BCUT2D eigenvalue weighted by molar-refractivity contribution is 7.09. The summed E-state index contributed by atoms with van der Waals surface area (Å²) in [6.45, 7) is 2.28. The van der Waals surface area contributed by atoms with E-state index in [4.69, 9.17) is 11.6 Å². The number of thiophene rings is 1. The van der Waals surface area contributed by atoms with Gasteiger partial charge in [-0.25, -0.2) is 0 Å². The molecule has 0 aliphatic carbocycles. The lowest BCUT2D eigenvalue weighted by molar-refractivity contribution is -0.137. The second-order valence-corrected chi connectivity index (χ2v) is 8.24. The maximum Gasteiger partial charge on any atom is 0.416 e. The van der Waals surface area contributed by atoms with Crippen molar-refractivity contribution in [2.24, 2.45) is 0 Å². The number of carbonyl (C=O) groups is 1. The molecule has 1 atom stereocenters. The predicted molar refractivity (Wildman–Crippen MR) is 110 cm³/mol. The van der Waals surface area contributed by atoms with Crippen molar-refractivity contribution in [1.82, 2.24) is 4.90 Å². The van der Waals surface area contributed by atoms with E-state index < -0.39 is 11.7 Å². The van der Waals surface area contributed by atoms with Gasteiger partial charge in [-0.2, -0.15) is 13.2 Å². The molecule has 1 aromatic heterocycles. The fourth-order valence-electron chi connectivity index (χ4n) is 3.01. The molecule has 0 fully saturated rings. The van der Waals surface area contributed by atoms with E-state index in [1.807, 2.05) is 36.6 Å². The van der Waals surface area contributed by atoms with Crippen LogP contribution < -0.4 is 0 Å². The van der Waals surface area contributed by atoms with Crippen LogP contribution in [0.5, 0.6) is 0 Å². The lowest BCUT2D eigenvalue weighted by Gasteiger charge is -2.29. The lowest BCUT2D eigenvalue weighted by Crippen LogP contribution is -2.39. The zero-order valence-electron chi connectivity index (χ0n) is 15.6. The number of carbonyl (C=O) groups excluding carboxylic acids is 1. The molecule has 0 N–H and O–H groups in total. The van der Waals surface area contributed by atoms with Gasteiger partial charge in [0.25, 0.3) is 5.91 Å². The van der Waals surface area contributed by atoms with E-state index in [1.54, 1.807) is 28.4 Å². The minimum absolute atomic E-state index is 0.140. The Balaban J connectivity index is 1.86. The van der Waals surface area contributed by atoms with Gasteiger partial charge in [0.05, 0.1) is 5.56 Å². The minimum Gasteiger partial charge on any atom is -0.331 e. The van der Waals surface area contributed by atoms with Crippen molar-refractivity contribution in [1.29, 1.82) is 0 Å². The van der Waals surface area contributed by atoms with Crippen molar-refractivity contribution in [2.45, 2.75) is 32.1 Å². The van der Waals surface area contributed by atoms with Gasteiger partial charge >= 0.3 is 6.18 Å². The summed E-state index contributed by atoms with van der Waals surface area (Å²) in [6, 6.07) is 15.4. The van der Waals surface area contributed by atoms with Crippen molar-refractivity contribution in [3.05, 3.63) is 92.6 Å². The number of benzene rings is 2. The Morgan fingerprint density at radius 1 is 1.07 bits per heavy atom. The van der Waals surface area contributed by atoms with Crippen molar-refractivity contribution >= 4 is 28.8 Å². The van der Waals surface area contributed by atoms with Gasteiger partial charge < -0.3 is 4.90 Å². The van der Waals surface area contributed by atoms with Gasteiger partial charge in [0.2, 0.25) is 0 Å². The van der Waals surface area contributed by atoms with E-state index in [0.717, 1.165) is 22.6 Å². The minimum atomic E-state index is -4.43. The van der Waals surface area contributed by atoms with Crippen LogP contribution in [0.2, 0.25) is 5.02 Å². The summed E-state index contributed by atoms with van der Waals surface area (Å²) in [5.41, 5.74) is 0.350. The summed E-state index contributed by atoms with van der Waals surface area (Å²) < 4.78 is 38.5. The van der Waals surface area contributed by atoms with Crippen LogP contribution in [0.25, 0.3) is 0 Å². The summed E-state index contributed by atoms with van der Waals surface area (Å²) in [5, 5.41) is 2.57. The number of hydrogen-bond donors (Lipinski definition) is 0. The topological polar surface area (TPSA) is 20.3 Å². The van der Waals surface area contributed by atoms with Crippen LogP contribution in [0.4, 0.5) is 13.2 Å². The molecule has 0 aliphatic heterocycles. The standard InChI is InChI=1S/C22H19ClF3NOS/c1-15(13-20-3-2-12-29-20)27(14-16-4-10-19(23)11-5-16)21(28)17-6-8-18(9-7-17)22(24,25)26/h2-12,15H,13-14H2,1H3/t15-/m1/s1. The largest absolute Gasteiger partial charge is 0.416 e. The Morgan fingerprint density at radius 2 is 1.72 bits per heavy atom. The molecule has 2 nitrogen and oxygen atoms in total. The Morgan fingerprint density at radius 3 is 2.28 bits per heavy atom. The van der Waals surface area contributed by atoms with Gasteiger partial charge in [-0.3, -0.25) is 4.79 Å². The zero-order valence-corrected chi connectivity index (χ0v) is 17.2. The summed E-state index contributed by atoms with van der Waals surface area (Å²) in [5.74, 6) is -0.308. The molecular weight excluding hydrogens is 419 g/mol.